The van der Waals surface area contributed by atoms with Crippen LogP contribution in [0.1, 0.15) is 39.5 Å². The SMILES string of the molecule is Cc1cc2c(c(C)c1CCO[C@@H]1OC(CO)[C@@H](O)[C@H](O)C1O)C(=O)[C@](C)(CO)C2. The molecule has 1 saturated heterocycles. The summed E-state index contributed by atoms with van der Waals surface area (Å²) in [6.45, 7) is 5.04. The Bertz CT molecular complexity index is 776. The van der Waals surface area contributed by atoms with E-state index in [0.717, 1.165) is 22.3 Å². The predicted molar refractivity (Wildman–Crippen MR) is 103 cm³/mol. The van der Waals surface area contributed by atoms with E-state index in [2.05, 4.69) is 0 Å². The van der Waals surface area contributed by atoms with E-state index < -0.39 is 42.7 Å². The zero-order chi connectivity index (χ0) is 21.5. The van der Waals surface area contributed by atoms with Gasteiger partial charge in [0.15, 0.2) is 12.1 Å². The first-order valence-electron chi connectivity index (χ1n) is 9.84. The molecule has 2 unspecified atom stereocenters. The van der Waals surface area contributed by atoms with Crippen molar-refractivity contribution in [2.24, 2.45) is 5.41 Å². The molecular weight excluding hydrogens is 380 g/mol. The average Bonchev–Trinajstić information content (AvgIpc) is 2.94. The Hall–Kier alpha value is -1.39. The molecule has 1 aliphatic carbocycles. The summed E-state index contributed by atoms with van der Waals surface area (Å²) in [7, 11) is 0. The first-order chi connectivity index (χ1) is 13.6. The normalized spacial score (nSPS) is 34.5. The predicted octanol–water partition coefficient (Wildman–Crippen LogP) is -0.600. The van der Waals surface area contributed by atoms with Gasteiger partial charge in [0.2, 0.25) is 0 Å². The van der Waals surface area contributed by atoms with E-state index in [1.54, 1.807) is 6.92 Å². The lowest BCUT2D eigenvalue weighted by atomic mass is 9.86. The van der Waals surface area contributed by atoms with Gasteiger partial charge in [-0.1, -0.05) is 6.07 Å². The second kappa shape index (κ2) is 8.39. The van der Waals surface area contributed by atoms with E-state index in [9.17, 15) is 30.3 Å². The van der Waals surface area contributed by atoms with Gasteiger partial charge in [-0.2, -0.15) is 0 Å². The van der Waals surface area contributed by atoms with Gasteiger partial charge in [-0.05, 0) is 55.9 Å². The number of hydrogen-bond acceptors (Lipinski definition) is 8. The first kappa shape index (κ1) is 22.3. The van der Waals surface area contributed by atoms with Gasteiger partial charge in [0.1, 0.15) is 24.4 Å². The molecule has 1 aromatic carbocycles. The van der Waals surface area contributed by atoms with Crippen LogP contribution in [0.15, 0.2) is 6.07 Å². The lowest BCUT2D eigenvalue weighted by Gasteiger charge is -2.39. The van der Waals surface area contributed by atoms with Gasteiger partial charge in [-0.25, -0.2) is 0 Å². The van der Waals surface area contributed by atoms with Gasteiger partial charge in [0.25, 0.3) is 0 Å². The zero-order valence-corrected chi connectivity index (χ0v) is 17.0. The lowest BCUT2D eigenvalue weighted by Crippen LogP contribution is -2.59. The summed E-state index contributed by atoms with van der Waals surface area (Å²) in [5.74, 6) is -0.0522. The molecule has 1 aromatic rings. The number of rotatable bonds is 6. The van der Waals surface area contributed by atoms with Gasteiger partial charge < -0.3 is 35.0 Å². The number of fused-ring (bicyclic) bond motifs is 1. The molecule has 0 spiro atoms. The standard InChI is InChI=1S/C21H30O8/c1-10-6-12-7-21(3,9-23)19(27)15(12)11(2)13(10)4-5-28-20-18(26)17(25)16(24)14(8-22)29-20/h6,14,16-18,20,22-26H,4-5,7-9H2,1-3H3/t14?,16-,17+,18?,20-,21+/m1/s1. The number of benzene rings is 1. The van der Waals surface area contributed by atoms with Crippen molar-refractivity contribution in [3.8, 4) is 0 Å². The summed E-state index contributed by atoms with van der Waals surface area (Å²) in [6.07, 6.45) is -5.59. The minimum atomic E-state index is -1.48. The van der Waals surface area contributed by atoms with Gasteiger partial charge in [0, 0.05) is 5.56 Å². The van der Waals surface area contributed by atoms with Crippen molar-refractivity contribution in [1.29, 1.82) is 0 Å². The minimum Gasteiger partial charge on any atom is -0.395 e. The smallest absolute Gasteiger partial charge is 0.186 e. The van der Waals surface area contributed by atoms with E-state index in [0.29, 0.717) is 18.4 Å². The van der Waals surface area contributed by atoms with Crippen LogP contribution in [0, 0.1) is 19.3 Å². The van der Waals surface area contributed by atoms with E-state index in [4.69, 9.17) is 9.47 Å². The Balaban J connectivity index is 1.72. The largest absolute Gasteiger partial charge is 0.395 e. The molecule has 0 saturated carbocycles. The summed E-state index contributed by atoms with van der Waals surface area (Å²) in [6, 6.07) is 1.98. The van der Waals surface area contributed by atoms with Crippen LogP contribution in [0.3, 0.4) is 0 Å². The van der Waals surface area contributed by atoms with Crippen LogP contribution < -0.4 is 0 Å². The molecule has 5 N–H and O–H groups in total. The Kier molecular flexibility index (Phi) is 6.45. The molecule has 8 heteroatoms. The fourth-order valence-electron chi connectivity index (χ4n) is 4.36. The maximum atomic E-state index is 12.8. The summed E-state index contributed by atoms with van der Waals surface area (Å²) in [4.78, 5) is 12.8. The minimum absolute atomic E-state index is 0.0522. The van der Waals surface area contributed by atoms with E-state index >= 15 is 0 Å². The van der Waals surface area contributed by atoms with Crippen molar-refractivity contribution in [1.82, 2.24) is 0 Å². The Morgan fingerprint density at radius 1 is 1.17 bits per heavy atom. The number of ketones is 1. The van der Waals surface area contributed by atoms with Gasteiger partial charge >= 0.3 is 0 Å². The van der Waals surface area contributed by atoms with Gasteiger partial charge in [-0.3, -0.25) is 4.79 Å². The lowest BCUT2D eigenvalue weighted by molar-refractivity contribution is -0.300. The molecule has 162 valence electrons. The number of Topliss-reactive ketones (excluding diaryl/α,β-unsaturated/α-hetero) is 1. The number of aryl methyl sites for hydroxylation is 1. The average molecular weight is 410 g/mol. The number of aliphatic hydroxyl groups excluding tert-OH is 5. The Morgan fingerprint density at radius 2 is 1.86 bits per heavy atom. The van der Waals surface area contributed by atoms with Crippen LogP contribution in [0.25, 0.3) is 0 Å². The van der Waals surface area contributed by atoms with E-state index in [1.807, 2.05) is 19.9 Å². The van der Waals surface area contributed by atoms with Crippen LogP contribution in [0.4, 0.5) is 0 Å². The van der Waals surface area contributed by atoms with E-state index in [1.165, 1.54) is 0 Å². The number of carbonyl (C=O) groups is 1. The molecule has 2 aliphatic rings. The molecule has 0 bridgehead atoms. The first-order valence-corrected chi connectivity index (χ1v) is 9.84. The molecule has 8 nitrogen and oxygen atoms in total. The van der Waals surface area contributed by atoms with Gasteiger partial charge in [0.05, 0.1) is 25.2 Å². The quantitative estimate of drug-likeness (QED) is 0.419. The number of hydrogen-bond donors (Lipinski definition) is 5. The zero-order valence-electron chi connectivity index (χ0n) is 17.0. The van der Waals surface area contributed by atoms with Crippen molar-refractivity contribution in [3.05, 3.63) is 33.9 Å². The highest BCUT2D eigenvalue weighted by Crippen LogP contribution is 2.40. The highest BCUT2D eigenvalue weighted by molar-refractivity contribution is 6.06. The maximum absolute atomic E-state index is 12.8. The van der Waals surface area contributed by atoms with Crippen LogP contribution in [-0.2, 0) is 22.3 Å². The summed E-state index contributed by atoms with van der Waals surface area (Å²) < 4.78 is 10.9. The van der Waals surface area contributed by atoms with Crippen LogP contribution in [0.5, 0.6) is 0 Å². The monoisotopic (exact) mass is 410 g/mol. The molecule has 0 amide bonds. The Labute approximate surface area is 169 Å². The number of ether oxygens (including phenoxy) is 2. The fourth-order valence-corrected chi connectivity index (χ4v) is 4.36. The molecule has 3 rings (SSSR count). The van der Waals surface area contributed by atoms with Crippen molar-refractivity contribution in [2.45, 2.75) is 64.3 Å². The molecule has 0 aromatic heterocycles. The second-order valence-electron chi connectivity index (χ2n) is 8.37. The molecule has 1 aliphatic heterocycles. The molecule has 29 heavy (non-hydrogen) atoms. The van der Waals surface area contributed by atoms with Crippen molar-refractivity contribution in [3.63, 3.8) is 0 Å². The summed E-state index contributed by atoms with van der Waals surface area (Å²) in [5.41, 5.74) is 3.64. The molecule has 6 atom stereocenters. The van der Waals surface area contributed by atoms with Crippen molar-refractivity contribution >= 4 is 5.78 Å². The number of aliphatic hydroxyl groups is 5. The van der Waals surface area contributed by atoms with Crippen molar-refractivity contribution < 1.29 is 39.8 Å². The molecule has 1 fully saturated rings. The van der Waals surface area contributed by atoms with Gasteiger partial charge in [-0.15, -0.1) is 0 Å². The van der Waals surface area contributed by atoms with Crippen LogP contribution in [-0.4, -0.2) is 81.8 Å². The molecule has 1 heterocycles. The third kappa shape index (κ3) is 3.86. The topological polar surface area (TPSA) is 137 Å². The van der Waals surface area contributed by atoms with Crippen LogP contribution in [0.2, 0.25) is 0 Å². The third-order valence-electron chi connectivity index (χ3n) is 6.20. The fraction of sp³-hybridized carbons (Fsp3) is 0.667. The summed E-state index contributed by atoms with van der Waals surface area (Å²) in [5, 5.41) is 48.7. The van der Waals surface area contributed by atoms with Crippen molar-refractivity contribution in [2.75, 3.05) is 19.8 Å². The number of carbonyl (C=O) groups excluding carboxylic acids is 1. The highest BCUT2D eigenvalue weighted by Gasteiger charge is 2.44. The second-order valence-corrected chi connectivity index (χ2v) is 8.37. The molecular formula is C21H30O8. The Morgan fingerprint density at radius 3 is 2.48 bits per heavy atom. The molecule has 0 radical (unpaired) electrons. The summed E-state index contributed by atoms with van der Waals surface area (Å²) >= 11 is 0. The third-order valence-corrected chi connectivity index (χ3v) is 6.20. The van der Waals surface area contributed by atoms with E-state index in [-0.39, 0.29) is 19.0 Å². The highest BCUT2D eigenvalue weighted by atomic mass is 16.7. The maximum Gasteiger partial charge on any atom is 0.186 e. The van der Waals surface area contributed by atoms with Crippen LogP contribution >= 0.6 is 0 Å².